The molecule has 4 rings (SSSR count). The quantitative estimate of drug-likeness (QED) is 0.249. The summed E-state index contributed by atoms with van der Waals surface area (Å²) in [4.78, 5) is 44.6. The summed E-state index contributed by atoms with van der Waals surface area (Å²) in [6.45, 7) is -0.611. The van der Waals surface area contributed by atoms with E-state index in [0.717, 1.165) is 6.07 Å². The number of nitrogens with one attached hydrogen (secondary N) is 1. The predicted molar refractivity (Wildman–Crippen MR) is 124 cm³/mol. The summed E-state index contributed by atoms with van der Waals surface area (Å²) in [7, 11) is 1.37. The van der Waals surface area contributed by atoms with E-state index in [2.05, 4.69) is 15.3 Å². The van der Waals surface area contributed by atoms with E-state index in [0.29, 0.717) is 22.3 Å². The third-order valence-electron chi connectivity index (χ3n) is 4.87. The van der Waals surface area contributed by atoms with Crippen LogP contribution in [0, 0.1) is 10.1 Å². The number of anilines is 1. The molecule has 10 nitrogen and oxygen atoms in total. The second-order valence-electron chi connectivity index (χ2n) is 7.05. The van der Waals surface area contributed by atoms with Gasteiger partial charge in [-0.15, -0.1) is 0 Å². The van der Waals surface area contributed by atoms with Gasteiger partial charge >= 0.3 is 5.97 Å². The van der Waals surface area contributed by atoms with E-state index < -0.39 is 23.4 Å². The monoisotopic (exact) mass is 458 g/mol. The molecule has 0 unspecified atom stereocenters. The summed E-state index contributed by atoms with van der Waals surface area (Å²) in [5.41, 5.74) is 1.73. The van der Waals surface area contributed by atoms with Gasteiger partial charge in [0.2, 0.25) is 0 Å². The van der Waals surface area contributed by atoms with Crippen molar-refractivity contribution in [2.45, 2.75) is 0 Å². The van der Waals surface area contributed by atoms with Crippen LogP contribution in [0.1, 0.15) is 10.4 Å². The van der Waals surface area contributed by atoms with Crippen LogP contribution in [-0.2, 0) is 9.53 Å². The molecule has 170 valence electrons. The number of fused-ring (bicyclic) bond motifs is 1. The first-order valence-corrected chi connectivity index (χ1v) is 10.1. The highest BCUT2D eigenvalue weighted by Gasteiger charge is 2.18. The van der Waals surface area contributed by atoms with Gasteiger partial charge in [0.15, 0.2) is 6.61 Å². The number of carbonyl (C=O) groups is 2. The number of methoxy groups -OCH3 is 1. The number of nitrogens with zero attached hydrogens (tertiary/aromatic N) is 3. The highest BCUT2D eigenvalue weighted by molar-refractivity contribution is 6.05. The molecule has 0 radical (unpaired) electrons. The molecule has 0 aliphatic rings. The second kappa shape index (κ2) is 9.74. The minimum Gasteiger partial charge on any atom is -0.495 e. The molecule has 2 aromatic carbocycles. The topological polar surface area (TPSA) is 134 Å². The van der Waals surface area contributed by atoms with Gasteiger partial charge in [0.05, 0.1) is 40.2 Å². The molecule has 0 fully saturated rings. The van der Waals surface area contributed by atoms with Gasteiger partial charge in [-0.1, -0.05) is 24.3 Å². The Hall–Kier alpha value is -4.86. The van der Waals surface area contributed by atoms with Gasteiger partial charge in [-0.3, -0.25) is 19.9 Å². The molecule has 34 heavy (non-hydrogen) atoms. The molecule has 0 saturated carbocycles. The number of rotatable bonds is 7. The predicted octanol–water partition coefficient (Wildman–Crippen LogP) is 4.01. The lowest BCUT2D eigenvalue weighted by Crippen LogP contribution is -2.21. The smallest absolute Gasteiger partial charge is 0.339 e. The lowest BCUT2D eigenvalue weighted by molar-refractivity contribution is -0.384. The molecule has 0 spiro atoms. The highest BCUT2D eigenvalue weighted by atomic mass is 16.6. The zero-order chi connectivity index (χ0) is 24.1. The largest absolute Gasteiger partial charge is 0.495 e. The van der Waals surface area contributed by atoms with E-state index in [4.69, 9.17) is 9.47 Å². The van der Waals surface area contributed by atoms with Crippen LogP contribution in [0.4, 0.5) is 11.4 Å². The van der Waals surface area contributed by atoms with Crippen LogP contribution >= 0.6 is 0 Å². The Balaban J connectivity index is 1.54. The van der Waals surface area contributed by atoms with Gasteiger partial charge in [-0.05, 0) is 30.3 Å². The van der Waals surface area contributed by atoms with Crippen molar-refractivity contribution in [3.8, 4) is 17.1 Å². The van der Waals surface area contributed by atoms with E-state index in [1.807, 2.05) is 6.07 Å². The summed E-state index contributed by atoms with van der Waals surface area (Å²) in [5, 5.41) is 14.1. The molecule has 0 saturated heterocycles. The van der Waals surface area contributed by atoms with Crippen molar-refractivity contribution in [1.29, 1.82) is 0 Å². The number of hydrogen-bond donors (Lipinski definition) is 1. The zero-order valence-corrected chi connectivity index (χ0v) is 17.9. The maximum Gasteiger partial charge on any atom is 0.339 e. The Labute approximate surface area is 193 Å². The maximum atomic E-state index is 12.9. The standard InChI is InChI=1S/C24H18N4O6/c1-33-22-10-9-15(28(31)32)12-21(22)27-23(29)14-34-24(30)17-13-20(19-8-4-5-11-25-19)26-18-7-3-2-6-16(17)18/h2-13H,14H2,1H3,(H,27,29). The molecule has 0 bridgehead atoms. The Morgan fingerprint density at radius 3 is 2.56 bits per heavy atom. The van der Waals surface area contributed by atoms with Crippen molar-refractivity contribution in [1.82, 2.24) is 9.97 Å². The number of nitro groups is 1. The average molecular weight is 458 g/mol. The number of amides is 1. The molecule has 4 aromatic rings. The first-order chi connectivity index (χ1) is 16.5. The van der Waals surface area contributed by atoms with E-state index in [1.165, 1.54) is 19.2 Å². The normalized spacial score (nSPS) is 10.5. The van der Waals surface area contributed by atoms with Gasteiger partial charge in [0.25, 0.3) is 11.6 Å². The van der Waals surface area contributed by atoms with E-state index in [1.54, 1.807) is 48.7 Å². The van der Waals surface area contributed by atoms with Crippen LogP contribution in [0.5, 0.6) is 5.75 Å². The van der Waals surface area contributed by atoms with Crippen LogP contribution in [0.25, 0.3) is 22.3 Å². The molecule has 10 heteroatoms. The number of ether oxygens (including phenoxy) is 2. The fraction of sp³-hybridized carbons (Fsp3) is 0.0833. The number of benzene rings is 2. The van der Waals surface area contributed by atoms with Crippen LogP contribution in [-0.4, -0.2) is 40.5 Å². The highest BCUT2D eigenvalue weighted by Crippen LogP contribution is 2.29. The number of nitro benzene ring substituents is 1. The SMILES string of the molecule is COc1ccc([N+](=O)[O-])cc1NC(=O)COC(=O)c1cc(-c2ccccn2)nc2ccccc12. The number of carbonyl (C=O) groups excluding carboxylic acids is 2. The zero-order valence-electron chi connectivity index (χ0n) is 17.9. The van der Waals surface area contributed by atoms with Gasteiger partial charge in [0.1, 0.15) is 5.75 Å². The van der Waals surface area contributed by atoms with E-state index >= 15 is 0 Å². The van der Waals surface area contributed by atoms with Crippen LogP contribution in [0.2, 0.25) is 0 Å². The number of para-hydroxylation sites is 1. The second-order valence-corrected chi connectivity index (χ2v) is 7.05. The van der Waals surface area contributed by atoms with E-state index in [9.17, 15) is 19.7 Å². The number of aromatic nitrogens is 2. The van der Waals surface area contributed by atoms with Crippen molar-refractivity contribution in [3.63, 3.8) is 0 Å². The molecule has 2 heterocycles. The van der Waals surface area contributed by atoms with Crippen molar-refractivity contribution in [3.05, 3.63) is 88.6 Å². The molecule has 1 N–H and O–H groups in total. The van der Waals surface area contributed by atoms with Gasteiger partial charge in [-0.25, -0.2) is 9.78 Å². The summed E-state index contributed by atoms with van der Waals surface area (Å²) in [6.07, 6.45) is 1.62. The lowest BCUT2D eigenvalue weighted by Gasteiger charge is -2.11. The van der Waals surface area contributed by atoms with E-state index in [-0.39, 0.29) is 22.7 Å². The van der Waals surface area contributed by atoms with Crippen LogP contribution in [0.15, 0.2) is 72.9 Å². The molecule has 0 aliphatic heterocycles. The molecule has 0 atom stereocenters. The minimum absolute atomic E-state index is 0.0875. The molecular weight excluding hydrogens is 440 g/mol. The maximum absolute atomic E-state index is 12.9. The average Bonchev–Trinajstić information content (AvgIpc) is 2.87. The summed E-state index contributed by atoms with van der Waals surface area (Å²) < 4.78 is 10.4. The van der Waals surface area contributed by atoms with Gasteiger partial charge < -0.3 is 14.8 Å². The number of hydrogen-bond acceptors (Lipinski definition) is 8. The Morgan fingerprint density at radius 2 is 1.82 bits per heavy atom. The third kappa shape index (κ3) is 4.80. The summed E-state index contributed by atoms with van der Waals surface area (Å²) in [6, 6.07) is 17.8. The van der Waals surface area contributed by atoms with Gasteiger partial charge in [0, 0.05) is 23.7 Å². The first kappa shape index (κ1) is 22.3. The lowest BCUT2D eigenvalue weighted by atomic mass is 10.1. The fourth-order valence-corrected chi connectivity index (χ4v) is 3.29. The first-order valence-electron chi connectivity index (χ1n) is 10.1. The minimum atomic E-state index is -0.725. The van der Waals surface area contributed by atoms with Crippen molar-refractivity contribution in [2.75, 3.05) is 19.0 Å². The Bertz CT molecular complexity index is 1390. The number of non-ortho nitro benzene ring substituents is 1. The van der Waals surface area contributed by atoms with Crippen LogP contribution < -0.4 is 10.1 Å². The number of esters is 1. The van der Waals surface area contributed by atoms with Crippen molar-refractivity contribution >= 4 is 34.2 Å². The molecule has 0 aliphatic carbocycles. The third-order valence-corrected chi connectivity index (χ3v) is 4.87. The summed E-state index contributed by atoms with van der Waals surface area (Å²) >= 11 is 0. The van der Waals surface area contributed by atoms with Gasteiger partial charge in [-0.2, -0.15) is 0 Å². The van der Waals surface area contributed by atoms with Crippen molar-refractivity contribution in [2.24, 2.45) is 0 Å². The van der Waals surface area contributed by atoms with Crippen LogP contribution in [0.3, 0.4) is 0 Å². The molecule has 2 aromatic heterocycles. The number of pyridine rings is 2. The fourth-order valence-electron chi connectivity index (χ4n) is 3.29. The Kier molecular flexibility index (Phi) is 6.40. The molecular formula is C24H18N4O6. The van der Waals surface area contributed by atoms with Crippen molar-refractivity contribution < 1.29 is 24.0 Å². The Morgan fingerprint density at radius 1 is 1.03 bits per heavy atom. The summed E-state index contributed by atoms with van der Waals surface area (Å²) in [5.74, 6) is -1.18. The molecule has 1 amide bonds.